The van der Waals surface area contributed by atoms with Crippen LogP contribution in [0.4, 0.5) is 13.2 Å². The monoisotopic (exact) mass is 423 g/mol. The molecular weight excluding hydrogens is 403 g/mol. The summed E-state index contributed by atoms with van der Waals surface area (Å²) in [7, 11) is 0. The number of para-hydroxylation sites is 1. The maximum Gasteiger partial charge on any atom is 0.422 e. The molecule has 0 aliphatic heterocycles. The van der Waals surface area contributed by atoms with Crippen LogP contribution in [0.25, 0.3) is 10.9 Å². The van der Waals surface area contributed by atoms with Crippen molar-refractivity contribution in [3.8, 4) is 5.19 Å². The van der Waals surface area contributed by atoms with E-state index in [1.165, 1.54) is 17.1 Å². The van der Waals surface area contributed by atoms with Crippen LogP contribution in [0.3, 0.4) is 0 Å². The zero-order chi connectivity index (χ0) is 20.6. The molecule has 2 heterocycles. The first-order valence-electron chi connectivity index (χ1n) is 9.31. The highest BCUT2D eigenvalue weighted by Gasteiger charge is 2.41. The quantitative estimate of drug-likeness (QED) is 0.566. The third-order valence-electron chi connectivity index (χ3n) is 5.06. The zero-order valence-electron chi connectivity index (χ0n) is 15.6. The Labute approximate surface area is 169 Å². The Balaban J connectivity index is 1.29. The molecule has 1 amide bonds. The molecule has 1 saturated carbocycles. The summed E-state index contributed by atoms with van der Waals surface area (Å²) < 4.78 is 41.3. The molecular formula is C20H20F3N3O2S. The normalized spacial score (nSPS) is 19.9. The fourth-order valence-electron chi connectivity index (χ4n) is 3.54. The average molecular weight is 423 g/mol. The van der Waals surface area contributed by atoms with E-state index in [1.807, 2.05) is 24.4 Å². The van der Waals surface area contributed by atoms with Crippen LogP contribution >= 0.6 is 11.3 Å². The number of carbonyl (C=O) groups is 1. The molecule has 1 aromatic carbocycles. The number of amides is 1. The topological polar surface area (TPSA) is 67.0 Å². The molecule has 154 valence electrons. The summed E-state index contributed by atoms with van der Waals surface area (Å²) in [5.74, 6) is 0.600. The number of thiazole rings is 1. The van der Waals surface area contributed by atoms with Gasteiger partial charge >= 0.3 is 6.18 Å². The number of halogens is 3. The lowest BCUT2D eigenvalue weighted by atomic mass is 10.1. The van der Waals surface area contributed by atoms with Gasteiger partial charge < -0.3 is 15.0 Å². The number of hydrogen-bond donors (Lipinski definition) is 2. The van der Waals surface area contributed by atoms with Crippen molar-refractivity contribution >= 4 is 28.1 Å². The van der Waals surface area contributed by atoms with Gasteiger partial charge in [0.2, 0.25) is 5.91 Å². The van der Waals surface area contributed by atoms with Gasteiger partial charge in [0.1, 0.15) is 0 Å². The summed E-state index contributed by atoms with van der Waals surface area (Å²) in [4.78, 5) is 20.2. The Morgan fingerprint density at radius 1 is 1.41 bits per heavy atom. The second kappa shape index (κ2) is 7.70. The number of fused-ring (bicyclic) bond motifs is 1. The molecule has 4 rings (SSSR count). The molecule has 1 fully saturated rings. The first kappa shape index (κ1) is 19.8. The van der Waals surface area contributed by atoms with Gasteiger partial charge in [-0.25, -0.2) is 4.98 Å². The van der Waals surface area contributed by atoms with Crippen molar-refractivity contribution in [3.63, 3.8) is 0 Å². The van der Waals surface area contributed by atoms with Gasteiger partial charge in [0.25, 0.3) is 5.19 Å². The standard InChI is InChI=1S/C20H20F3N3O2S/c1-11(17-9-25-19(29-17)28-10-20(21,22)23)26-18(27)7-12-6-14(12)15-8-24-16-5-3-2-4-13(15)16/h2-5,8-9,11-12,14,24H,6-7,10H2,1H3,(H,26,27)/t11-,12-,14-/m1/s1. The van der Waals surface area contributed by atoms with Gasteiger partial charge in [-0.15, -0.1) is 0 Å². The second-order valence-corrected chi connectivity index (χ2v) is 8.34. The Hall–Kier alpha value is -2.55. The predicted octanol–water partition coefficient (Wildman–Crippen LogP) is 4.94. The molecule has 1 aliphatic carbocycles. The molecule has 0 unspecified atom stereocenters. The summed E-state index contributed by atoms with van der Waals surface area (Å²) in [5.41, 5.74) is 2.35. The summed E-state index contributed by atoms with van der Waals surface area (Å²) in [5, 5.41) is 4.05. The summed E-state index contributed by atoms with van der Waals surface area (Å²) in [6.07, 6.45) is 0.449. The number of benzene rings is 1. The fourth-order valence-corrected chi connectivity index (χ4v) is 4.31. The van der Waals surface area contributed by atoms with Crippen molar-refractivity contribution in [3.05, 3.63) is 47.1 Å². The number of hydrogen-bond acceptors (Lipinski definition) is 4. The summed E-state index contributed by atoms with van der Waals surface area (Å²) in [6, 6.07) is 7.77. The number of carbonyl (C=O) groups excluding carboxylic acids is 1. The number of aromatic nitrogens is 2. The first-order valence-corrected chi connectivity index (χ1v) is 10.1. The van der Waals surface area contributed by atoms with Crippen molar-refractivity contribution < 1.29 is 22.7 Å². The fraction of sp³-hybridized carbons (Fsp3) is 0.400. The smallest absolute Gasteiger partial charge is 0.422 e. The van der Waals surface area contributed by atoms with Crippen LogP contribution in [0.15, 0.2) is 36.7 Å². The molecule has 29 heavy (non-hydrogen) atoms. The third kappa shape index (κ3) is 4.72. The van der Waals surface area contributed by atoms with Gasteiger partial charge in [-0.1, -0.05) is 29.5 Å². The van der Waals surface area contributed by atoms with E-state index in [1.54, 1.807) is 6.92 Å². The van der Waals surface area contributed by atoms with Crippen molar-refractivity contribution in [1.82, 2.24) is 15.3 Å². The van der Waals surface area contributed by atoms with E-state index < -0.39 is 12.8 Å². The van der Waals surface area contributed by atoms with E-state index in [2.05, 4.69) is 26.1 Å². The highest BCUT2D eigenvalue weighted by atomic mass is 32.1. The van der Waals surface area contributed by atoms with Crippen LogP contribution in [-0.2, 0) is 4.79 Å². The van der Waals surface area contributed by atoms with Crippen molar-refractivity contribution in [2.75, 3.05) is 6.61 Å². The molecule has 3 aromatic rings. The molecule has 9 heteroatoms. The van der Waals surface area contributed by atoms with E-state index >= 15 is 0 Å². The number of alkyl halides is 3. The predicted molar refractivity (Wildman–Crippen MR) is 104 cm³/mol. The molecule has 0 saturated heterocycles. The second-order valence-electron chi connectivity index (χ2n) is 7.32. The average Bonchev–Trinajstić information content (AvgIpc) is 3.09. The molecule has 0 spiro atoms. The lowest BCUT2D eigenvalue weighted by Crippen LogP contribution is -2.26. The number of nitrogens with one attached hydrogen (secondary N) is 2. The molecule has 1 aliphatic rings. The molecule has 0 radical (unpaired) electrons. The van der Waals surface area contributed by atoms with Crippen LogP contribution in [0.2, 0.25) is 0 Å². The van der Waals surface area contributed by atoms with Crippen LogP contribution in [0, 0.1) is 5.92 Å². The maximum absolute atomic E-state index is 12.4. The van der Waals surface area contributed by atoms with Gasteiger partial charge in [0, 0.05) is 29.7 Å². The minimum Gasteiger partial charge on any atom is -0.460 e. The summed E-state index contributed by atoms with van der Waals surface area (Å²) >= 11 is 1.01. The number of rotatable bonds is 7. The van der Waals surface area contributed by atoms with E-state index in [0.29, 0.717) is 23.1 Å². The highest BCUT2D eigenvalue weighted by molar-refractivity contribution is 7.13. The SMILES string of the molecule is C[C@@H](NC(=O)C[C@H]1C[C@H]1c1c[nH]c2ccccc12)c1cnc(OCC(F)(F)F)s1. The van der Waals surface area contributed by atoms with Crippen LogP contribution in [0.5, 0.6) is 5.19 Å². The van der Waals surface area contributed by atoms with Crippen LogP contribution in [0.1, 0.15) is 42.2 Å². The van der Waals surface area contributed by atoms with Crippen LogP contribution < -0.4 is 10.1 Å². The Bertz CT molecular complexity index is 1010. The first-order chi connectivity index (χ1) is 13.8. The molecule has 2 aromatic heterocycles. The van der Waals surface area contributed by atoms with Gasteiger partial charge in [0.15, 0.2) is 6.61 Å². The van der Waals surface area contributed by atoms with E-state index in [9.17, 15) is 18.0 Å². The molecule has 3 atom stereocenters. The lowest BCUT2D eigenvalue weighted by Gasteiger charge is -2.11. The van der Waals surface area contributed by atoms with E-state index in [-0.39, 0.29) is 17.1 Å². The van der Waals surface area contributed by atoms with Crippen molar-refractivity contribution in [2.45, 2.75) is 37.9 Å². The minimum atomic E-state index is -4.41. The van der Waals surface area contributed by atoms with Gasteiger partial charge in [-0.05, 0) is 36.8 Å². The maximum atomic E-state index is 12.4. The van der Waals surface area contributed by atoms with Crippen molar-refractivity contribution in [2.24, 2.45) is 5.92 Å². The Morgan fingerprint density at radius 2 is 2.21 bits per heavy atom. The Kier molecular flexibility index (Phi) is 5.24. The summed E-state index contributed by atoms with van der Waals surface area (Å²) in [6.45, 7) is 0.403. The van der Waals surface area contributed by atoms with E-state index in [0.717, 1.165) is 23.3 Å². The minimum absolute atomic E-state index is 0.0555. The van der Waals surface area contributed by atoms with Crippen LogP contribution in [-0.4, -0.2) is 28.7 Å². The van der Waals surface area contributed by atoms with Gasteiger partial charge in [-0.3, -0.25) is 4.79 Å². The molecule has 0 bridgehead atoms. The largest absolute Gasteiger partial charge is 0.460 e. The number of ether oxygens (including phenoxy) is 1. The Morgan fingerprint density at radius 3 is 3.00 bits per heavy atom. The number of aromatic amines is 1. The molecule has 5 nitrogen and oxygen atoms in total. The van der Waals surface area contributed by atoms with E-state index in [4.69, 9.17) is 0 Å². The number of nitrogens with zero attached hydrogens (tertiary/aromatic N) is 1. The van der Waals surface area contributed by atoms with Crippen molar-refractivity contribution in [1.29, 1.82) is 0 Å². The zero-order valence-corrected chi connectivity index (χ0v) is 16.4. The number of H-pyrrole nitrogens is 1. The molecule has 2 N–H and O–H groups in total. The van der Waals surface area contributed by atoms with Gasteiger partial charge in [0.05, 0.1) is 10.9 Å². The lowest BCUT2D eigenvalue weighted by molar-refractivity contribution is -0.153. The highest BCUT2D eigenvalue weighted by Crippen LogP contribution is 2.51. The van der Waals surface area contributed by atoms with Gasteiger partial charge in [-0.2, -0.15) is 13.2 Å². The third-order valence-corrected chi connectivity index (χ3v) is 6.15.